The molecule has 134 valence electrons. The molecule has 1 saturated heterocycles. The Kier molecular flexibility index (Phi) is 7.26. The molecule has 1 aromatic rings. The van der Waals surface area contributed by atoms with Crippen molar-refractivity contribution in [2.45, 2.75) is 6.92 Å². The molecule has 7 heteroatoms. The summed E-state index contributed by atoms with van der Waals surface area (Å²) in [6, 6.07) is 6.77. The predicted octanol–water partition coefficient (Wildman–Crippen LogP) is 1.79. The first kappa shape index (κ1) is 18.8. The third kappa shape index (κ3) is 5.78. The fourth-order valence-corrected chi connectivity index (χ4v) is 2.42. The van der Waals surface area contributed by atoms with Crippen LogP contribution < -0.4 is 9.47 Å². The number of hydrogen-bond acceptors (Lipinski definition) is 6. The number of nitrogens with zero attached hydrogens (tertiary/aromatic N) is 2. The first-order valence-electron chi connectivity index (χ1n) is 8.19. The summed E-state index contributed by atoms with van der Waals surface area (Å²) in [5.41, 5.74) is 0.242. The van der Waals surface area contributed by atoms with Gasteiger partial charge in [0.15, 0.2) is 11.5 Å². The van der Waals surface area contributed by atoms with Gasteiger partial charge in [0.1, 0.15) is 18.2 Å². The summed E-state index contributed by atoms with van der Waals surface area (Å²) < 4.78 is 16.7. The van der Waals surface area contributed by atoms with Crippen LogP contribution in [0.2, 0.25) is 0 Å². The number of rotatable bonds is 8. The van der Waals surface area contributed by atoms with Gasteiger partial charge in [-0.2, -0.15) is 5.26 Å². The molecule has 0 bridgehead atoms. The molecule has 0 unspecified atom stereocenters. The van der Waals surface area contributed by atoms with Crippen molar-refractivity contribution >= 4 is 12.0 Å². The molecular weight excluding hydrogens is 324 g/mol. The van der Waals surface area contributed by atoms with Gasteiger partial charge in [-0.05, 0) is 30.7 Å². The van der Waals surface area contributed by atoms with Gasteiger partial charge in [-0.1, -0.05) is 6.07 Å². The Morgan fingerprint density at radius 1 is 1.36 bits per heavy atom. The summed E-state index contributed by atoms with van der Waals surface area (Å²) >= 11 is 0. The molecule has 0 radical (unpaired) electrons. The number of carboxylic acids is 1. The average molecular weight is 346 g/mol. The van der Waals surface area contributed by atoms with E-state index in [0.29, 0.717) is 30.3 Å². The van der Waals surface area contributed by atoms with E-state index in [1.165, 1.54) is 6.08 Å². The van der Waals surface area contributed by atoms with Gasteiger partial charge in [-0.25, -0.2) is 4.79 Å². The number of morpholine rings is 1. The van der Waals surface area contributed by atoms with Crippen LogP contribution in [-0.4, -0.2) is 62.0 Å². The monoisotopic (exact) mass is 346 g/mol. The van der Waals surface area contributed by atoms with Crippen molar-refractivity contribution in [3.63, 3.8) is 0 Å². The maximum atomic E-state index is 10.9. The van der Waals surface area contributed by atoms with E-state index in [-0.39, 0.29) is 5.57 Å². The third-order valence-corrected chi connectivity index (χ3v) is 3.70. The predicted molar refractivity (Wildman–Crippen MR) is 91.6 cm³/mol. The largest absolute Gasteiger partial charge is 0.490 e. The molecule has 0 aliphatic carbocycles. The lowest BCUT2D eigenvalue weighted by atomic mass is 10.1. The van der Waals surface area contributed by atoms with Crippen molar-refractivity contribution in [1.82, 2.24) is 4.90 Å². The van der Waals surface area contributed by atoms with Crippen LogP contribution in [0.3, 0.4) is 0 Å². The molecule has 0 spiro atoms. The fourth-order valence-electron chi connectivity index (χ4n) is 2.42. The van der Waals surface area contributed by atoms with Gasteiger partial charge >= 0.3 is 5.97 Å². The molecule has 2 rings (SSSR count). The number of aliphatic carboxylic acids is 1. The van der Waals surface area contributed by atoms with Crippen LogP contribution in [0.4, 0.5) is 0 Å². The molecule has 1 fully saturated rings. The van der Waals surface area contributed by atoms with Crippen LogP contribution in [0.25, 0.3) is 6.08 Å². The van der Waals surface area contributed by atoms with E-state index < -0.39 is 5.97 Å². The van der Waals surface area contributed by atoms with Gasteiger partial charge < -0.3 is 19.3 Å². The van der Waals surface area contributed by atoms with E-state index >= 15 is 0 Å². The molecule has 1 aromatic carbocycles. The van der Waals surface area contributed by atoms with Gasteiger partial charge in [0.2, 0.25) is 0 Å². The molecule has 0 saturated carbocycles. The molecule has 1 heterocycles. The highest BCUT2D eigenvalue weighted by molar-refractivity contribution is 5.96. The van der Waals surface area contributed by atoms with Gasteiger partial charge in [-0.15, -0.1) is 0 Å². The maximum absolute atomic E-state index is 10.9. The molecule has 0 amide bonds. The lowest BCUT2D eigenvalue weighted by Gasteiger charge is -2.26. The maximum Gasteiger partial charge on any atom is 0.346 e. The van der Waals surface area contributed by atoms with Gasteiger partial charge in [0, 0.05) is 19.6 Å². The highest BCUT2D eigenvalue weighted by Gasteiger charge is 2.12. The molecule has 1 N–H and O–H groups in total. The average Bonchev–Trinajstić information content (AvgIpc) is 2.62. The van der Waals surface area contributed by atoms with E-state index in [9.17, 15) is 4.79 Å². The Bertz CT molecular complexity index is 660. The summed E-state index contributed by atoms with van der Waals surface area (Å²) in [6.45, 7) is 6.93. The fraction of sp³-hybridized carbons (Fsp3) is 0.444. The van der Waals surface area contributed by atoms with Crippen molar-refractivity contribution in [3.05, 3.63) is 29.3 Å². The van der Waals surface area contributed by atoms with Crippen molar-refractivity contribution in [2.75, 3.05) is 46.1 Å². The highest BCUT2D eigenvalue weighted by atomic mass is 16.5. The van der Waals surface area contributed by atoms with E-state index in [4.69, 9.17) is 24.6 Å². The summed E-state index contributed by atoms with van der Waals surface area (Å²) in [5, 5.41) is 17.8. The minimum atomic E-state index is -1.26. The number of hydrogen-bond donors (Lipinski definition) is 1. The van der Waals surface area contributed by atoms with Crippen LogP contribution in [-0.2, 0) is 9.53 Å². The van der Waals surface area contributed by atoms with Crippen molar-refractivity contribution in [3.8, 4) is 17.6 Å². The Balaban J connectivity index is 2.04. The molecule has 0 atom stereocenters. The van der Waals surface area contributed by atoms with E-state index in [0.717, 1.165) is 32.8 Å². The normalized spacial score (nSPS) is 15.4. The number of ether oxygens (including phenoxy) is 3. The van der Waals surface area contributed by atoms with E-state index in [2.05, 4.69) is 4.90 Å². The Hall–Kier alpha value is -2.56. The second-order valence-corrected chi connectivity index (χ2v) is 5.42. The number of carboxylic acid groups (broad SMARTS) is 1. The first-order chi connectivity index (χ1) is 12.1. The van der Waals surface area contributed by atoms with Crippen LogP contribution >= 0.6 is 0 Å². The number of carbonyl (C=O) groups is 1. The zero-order valence-corrected chi connectivity index (χ0v) is 14.2. The summed E-state index contributed by atoms with van der Waals surface area (Å²) in [7, 11) is 0. The molecule has 1 aliphatic heterocycles. The minimum Gasteiger partial charge on any atom is -0.490 e. The lowest BCUT2D eigenvalue weighted by molar-refractivity contribution is -0.132. The smallest absolute Gasteiger partial charge is 0.346 e. The van der Waals surface area contributed by atoms with Crippen LogP contribution in [0, 0.1) is 11.3 Å². The third-order valence-electron chi connectivity index (χ3n) is 3.70. The summed E-state index contributed by atoms with van der Waals surface area (Å²) in [6.07, 6.45) is 1.31. The first-order valence-corrected chi connectivity index (χ1v) is 8.19. The molecule has 0 aromatic heterocycles. The minimum absolute atomic E-state index is 0.330. The quantitative estimate of drug-likeness (QED) is 0.567. The molecular formula is C18H22N2O5. The molecule has 25 heavy (non-hydrogen) atoms. The van der Waals surface area contributed by atoms with Gasteiger partial charge in [-0.3, -0.25) is 4.90 Å². The van der Waals surface area contributed by atoms with E-state index in [1.54, 1.807) is 24.3 Å². The second kappa shape index (κ2) is 9.67. The standard InChI is InChI=1S/C18H22N2O5/c1-2-24-17-12-14(11-15(13-19)18(21)22)3-4-16(17)25-10-7-20-5-8-23-9-6-20/h3-4,11-12H,2,5-10H2,1H3,(H,21,22). The Morgan fingerprint density at radius 2 is 2.12 bits per heavy atom. The van der Waals surface area contributed by atoms with Crippen LogP contribution in [0.1, 0.15) is 12.5 Å². The molecule has 1 aliphatic rings. The zero-order chi connectivity index (χ0) is 18.1. The van der Waals surface area contributed by atoms with Crippen molar-refractivity contribution in [1.29, 1.82) is 5.26 Å². The number of benzene rings is 1. The SMILES string of the molecule is CCOc1cc(C=C(C#N)C(=O)O)ccc1OCCN1CCOCC1. The van der Waals surface area contributed by atoms with Gasteiger partial charge in [0.05, 0.1) is 19.8 Å². The topological polar surface area (TPSA) is 92.0 Å². The Labute approximate surface area is 147 Å². The van der Waals surface area contributed by atoms with Crippen molar-refractivity contribution < 1.29 is 24.1 Å². The summed E-state index contributed by atoms with van der Waals surface area (Å²) in [5.74, 6) is -0.131. The Morgan fingerprint density at radius 3 is 2.76 bits per heavy atom. The summed E-state index contributed by atoms with van der Waals surface area (Å²) in [4.78, 5) is 13.2. The highest BCUT2D eigenvalue weighted by Crippen LogP contribution is 2.29. The lowest BCUT2D eigenvalue weighted by Crippen LogP contribution is -2.38. The molecule has 7 nitrogen and oxygen atoms in total. The van der Waals surface area contributed by atoms with Gasteiger partial charge in [0.25, 0.3) is 0 Å². The number of nitriles is 1. The van der Waals surface area contributed by atoms with Crippen LogP contribution in [0.5, 0.6) is 11.5 Å². The van der Waals surface area contributed by atoms with E-state index in [1.807, 2.05) is 6.92 Å². The van der Waals surface area contributed by atoms with Crippen LogP contribution in [0.15, 0.2) is 23.8 Å². The zero-order valence-electron chi connectivity index (χ0n) is 14.2. The van der Waals surface area contributed by atoms with Crippen molar-refractivity contribution in [2.24, 2.45) is 0 Å². The second-order valence-electron chi connectivity index (χ2n) is 5.42.